The van der Waals surface area contributed by atoms with Crippen LogP contribution in [0.15, 0.2) is 42.2 Å². The number of benzene rings is 1. The van der Waals surface area contributed by atoms with E-state index in [1.165, 1.54) is 11.6 Å². The Morgan fingerprint density at radius 3 is 2.42 bits per heavy atom. The van der Waals surface area contributed by atoms with Crippen LogP contribution in [0.25, 0.3) is 0 Å². The first-order valence-corrected chi connectivity index (χ1v) is 6.67. The fraction of sp³-hybridized carbons (Fsp3) is 0.438. The monoisotopic (exact) mass is 260 g/mol. The summed E-state index contributed by atoms with van der Waals surface area (Å²) in [6, 6.07) is 10.2. The van der Waals surface area contributed by atoms with E-state index in [-0.39, 0.29) is 11.9 Å². The summed E-state index contributed by atoms with van der Waals surface area (Å²) in [5, 5.41) is 0. The molecule has 2 rings (SSSR count). The maximum atomic E-state index is 11.6. The second-order valence-electron chi connectivity index (χ2n) is 5.26. The van der Waals surface area contributed by atoms with Gasteiger partial charge in [0.15, 0.2) is 0 Å². The fourth-order valence-electron chi connectivity index (χ4n) is 2.27. The van der Waals surface area contributed by atoms with Crippen molar-refractivity contribution in [3.05, 3.63) is 47.7 Å². The minimum Gasteiger partial charge on any atom is -0.457 e. The molecule has 1 aliphatic rings. The highest BCUT2D eigenvalue weighted by Crippen LogP contribution is 2.30. The average Bonchev–Trinajstić information content (AvgIpc) is 2.34. The van der Waals surface area contributed by atoms with Crippen LogP contribution >= 0.6 is 0 Å². The zero-order chi connectivity index (χ0) is 13.9. The number of carbonyl (C=O) groups excluding carboxylic acids is 1. The maximum absolute atomic E-state index is 11.6. The van der Waals surface area contributed by atoms with Gasteiger partial charge < -0.3 is 9.47 Å². The summed E-state index contributed by atoms with van der Waals surface area (Å²) in [5.41, 5.74) is 1.25. The molecular formula is C16H20O3. The summed E-state index contributed by atoms with van der Waals surface area (Å²) in [6.07, 6.45) is 3.26. The number of rotatable bonds is 4. The highest BCUT2D eigenvalue weighted by Gasteiger charge is 2.32. The molecular weight excluding hydrogens is 240 g/mol. The topological polar surface area (TPSA) is 35.5 Å². The number of hydrogen-bond donors (Lipinski definition) is 0. The second-order valence-corrected chi connectivity index (χ2v) is 5.26. The zero-order valence-corrected chi connectivity index (χ0v) is 11.7. The van der Waals surface area contributed by atoms with Crippen molar-refractivity contribution >= 4 is 5.97 Å². The van der Waals surface area contributed by atoms with Crippen molar-refractivity contribution in [1.82, 2.24) is 0 Å². The molecule has 0 fully saturated rings. The molecule has 1 aromatic rings. The molecule has 3 heteroatoms. The molecule has 0 saturated carbocycles. The Morgan fingerprint density at radius 2 is 1.84 bits per heavy atom. The number of hydrogen-bond acceptors (Lipinski definition) is 3. The van der Waals surface area contributed by atoms with Gasteiger partial charge in [-0.2, -0.15) is 0 Å². The van der Waals surface area contributed by atoms with Gasteiger partial charge in [-0.25, -0.2) is 4.79 Å². The van der Waals surface area contributed by atoms with E-state index < -0.39 is 5.79 Å². The summed E-state index contributed by atoms with van der Waals surface area (Å²) in [6.45, 7) is 5.62. The zero-order valence-electron chi connectivity index (χ0n) is 11.7. The number of esters is 1. The van der Waals surface area contributed by atoms with E-state index in [0.29, 0.717) is 0 Å². The summed E-state index contributed by atoms with van der Waals surface area (Å²) in [7, 11) is 0. The lowest BCUT2D eigenvalue weighted by atomic mass is 9.94. The van der Waals surface area contributed by atoms with E-state index in [0.717, 1.165) is 18.6 Å². The third-order valence-electron chi connectivity index (χ3n) is 3.19. The van der Waals surface area contributed by atoms with E-state index in [1.54, 1.807) is 13.8 Å². The van der Waals surface area contributed by atoms with Crippen molar-refractivity contribution in [2.24, 2.45) is 5.92 Å². The van der Waals surface area contributed by atoms with Gasteiger partial charge in [-0.1, -0.05) is 37.3 Å². The minimum absolute atomic E-state index is 0.203. The molecule has 0 bridgehead atoms. The standard InChI is InChI=1S/C16H20O3/c1-4-13(10-12-8-6-5-7-9-12)14-11-15(17)19-16(2,3)18-14/h5-9,11,13H,4,10H2,1-3H3. The summed E-state index contributed by atoms with van der Waals surface area (Å²) in [4.78, 5) is 11.6. The summed E-state index contributed by atoms with van der Waals surface area (Å²) >= 11 is 0. The number of ether oxygens (including phenoxy) is 2. The van der Waals surface area contributed by atoms with E-state index in [4.69, 9.17) is 9.47 Å². The van der Waals surface area contributed by atoms with E-state index in [2.05, 4.69) is 19.1 Å². The van der Waals surface area contributed by atoms with Crippen LogP contribution in [0, 0.1) is 5.92 Å². The van der Waals surface area contributed by atoms with Crippen molar-refractivity contribution in [1.29, 1.82) is 0 Å². The molecule has 0 spiro atoms. The lowest BCUT2D eigenvalue weighted by molar-refractivity contribution is -0.208. The molecule has 0 aliphatic carbocycles. The van der Waals surface area contributed by atoms with Crippen LogP contribution in [0.4, 0.5) is 0 Å². The maximum Gasteiger partial charge on any atom is 0.337 e. The number of cyclic esters (lactones) is 1. The molecule has 1 aliphatic heterocycles. The lowest BCUT2D eigenvalue weighted by Crippen LogP contribution is -2.36. The van der Waals surface area contributed by atoms with Crippen LogP contribution in [0.5, 0.6) is 0 Å². The van der Waals surface area contributed by atoms with Crippen molar-refractivity contribution in [2.75, 3.05) is 0 Å². The fourth-order valence-corrected chi connectivity index (χ4v) is 2.27. The van der Waals surface area contributed by atoms with Crippen molar-refractivity contribution in [3.63, 3.8) is 0 Å². The highest BCUT2D eigenvalue weighted by atomic mass is 16.7. The molecule has 0 amide bonds. The van der Waals surface area contributed by atoms with Gasteiger partial charge >= 0.3 is 5.97 Å². The predicted molar refractivity (Wildman–Crippen MR) is 73.3 cm³/mol. The lowest BCUT2D eigenvalue weighted by Gasteiger charge is -2.33. The van der Waals surface area contributed by atoms with E-state index in [9.17, 15) is 4.79 Å². The smallest absolute Gasteiger partial charge is 0.337 e. The largest absolute Gasteiger partial charge is 0.457 e. The normalized spacial score (nSPS) is 19.1. The first-order valence-electron chi connectivity index (χ1n) is 6.67. The number of carbonyl (C=O) groups is 1. The van der Waals surface area contributed by atoms with Gasteiger partial charge in [0.25, 0.3) is 0 Å². The van der Waals surface area contributed by atoms with Crippen molar-refractivity contribution in [3.8, 4) is 0 Å². The van der Waals surface area contributed by atoms with E-state index in [1.807, 2.05) is 18.2 Å². The molecule has 1 atom stereocenters. The van der Waals surface area contributed by atoms with Crippen molar-refractivity contribution < 1.29 is 14.3 Å². The quantitative estimate of drug-likeness (QED) is 0.778. The highest BCUT2D eigenvalue weighted by molar-refractivity contribution is 5.83. The van der Waals surface area contributed by atoms with Crippen LogP contribution in [-0.2, 0) is 20.7 Å². The summed E-state index contributed by atoms with van der Waals surface area (Å²) in [5.74, 6) is -0.259. The van der Waals surface area contributed by atoms with Crippen LogP contribution in [-0.4, -0.2) is 11.8 Å². The molecule has 3 nitrogen and oxygen atoms in total. The second kappa shape index (κ2) is 5.47. The Labute approximate surface area is 114 Å². The third-order valence-corrected chi connectivity index (χ3v) is 3.19. The van der Waals surface area contributed by atoms with Gasteiger partial charge in [0, 0.05) is 19.8 Å². The van der Waals surface area contributed by atoms with Gasteiger partial charge in [0.1, 0.15) is 5.76 Å². The minimum atomic E-state index is -0.870. The molecule has 0 radical (unpaired) electrons. The molecule has 0 saturated heterocycles. The predicted octanol–water partition coefficient (Wildman–Crippen LogP) is 3.45. The van der Waals surface area contributed by atoms with E-state index >= 15 is 0 Å². The Kier molecular flexibility index (Phi) is 3.93. The first-order chi connectivity index (χ1) is 9.00. The molecule has 1 aromatic carbocycles. The SMILES string of the molecule is CCC(Cc1ccccc1)C1=CC(=O)OC(C)(C)O1. The van der Waals surface area contributed by atoms with Gasteiger partial charge in [-0.15, -0.1) is 0 Å². The molecule has 19 heavy (non-hydrogen) atoms. The Morgan fingerprint density at radius 1 is 1.16 bits per heavy atom. The average molecular weight is 260 g/mol. The first kappa shape index (κ1) is 13.7. The Bertz CT molecular complexity index is 474. The van der Waals surface area contributed by atoms with Crippen LogP contribution < -0.4 is 0 Å². The Hall–Kier alpha value is -1.77. The van der Waals surface area contributed by atoms with Crippen LogP contribution in [0.2, 0.25) is 0 Å². The van der Waals surface area contributed by atoms with Crippen molar-refractivity contribution in [2.45, 2.75) is 39.4 Å². The van der Waals surface area contributed by atoms with Gasteiger partial charge in [0.2, 0.25) is 5.79 Å². The number of allylic oxidation sites excluding steroid dienone is 1. The van der Waals surface area contributed by atoms with Gasteiger partial charge in [-0.05, 0) is 18.4 Å². The Balaban J connectivity index is 2.16. The molecule has 102 valence electrons. The van der Waals surface area contributed by atoms with Gasteiger partial charge in [-0.3, -0.25) is 0 Å². The molecule has 1 heterocycles. The third kappa shape index (κ3) is 3.60. The van der Waals surface area contributed by atoms with Crippen LogP contribution in [0.3, 0.4) is 0 Å². The molecule has 0 aromatic heterocycles. The molecule has 0 N–H and O–H groups in total. The molecule has 1 unspecified atom stereocenters. The van der Waals surface area contributed by atoms with Crippen LogP contribution in [0.1, 0.15) is 32.8 Å². The van der Waals surface area contributed by atoms with Gasteiger partial charge in [0.05, 0.1) is 6.08 Å². The summed E-state index contributed by atoms with van der Waals surface area (Å²) < 4.78 is 10.9.